The molecular formula is C13H8ClF2N3. The Kier molecular flexibility index (Phi) is 3.54. The van der Waals surface area contributed by atoms with Crippen LogP contribution >= 0.6 is 11.6 Å². The lowest BCUT2D eigenvalue weighted by atomic mass is 10.2. The minimum atomic E-state index is -0.821. The summed E-state index contributed by atoms with van der Waals surface area (Å²) >= 11 is 5.91. The van der Waals surface area contributed by atoms with Gasteiger partial charge in [0.15, 0.2) is 11.6 Å². The van der Waals surface area contributed by atoms with E-state index in [-0.39, 0.29) is 16.4 Å². The monoisotopic (exact) mass is 279 g/mol. The molecule has 0 aliphatic heterocycles. The van der Waals surface area contributed by atoms with Crippen LogP contribution in [0.4, 0.5) is 25.8 Å². The Labute approximate surface area is 113 Å². The van der Waals surface area contributed by atoms with Crippen molar-refractivity contribution in [3.63, 3.8) is 0 Å². The summed E-state index contributed by atoms with van der Waals surface area (Å²) in [5.74, 6) is -1.64. The van der Waals surface area contributed by atoms with Crippen molar-refractivity contribution < 1.29 is 8.78 Å². The summed E-state index contributed by atoms with van der Waals surface area (Å²) in [5, 5.41) is 11.4. The normalized spacial score (nSPS) is 10.0. The number of nitrogens with two attached hydrogens (primary N) is 1. The summed E-state index contributed by atoms with van der Waals surface area (Å²) in [7, 11) is 0. The van der Waals surface area contributed by atoms with Crippen LogP contribution in [0.1, 0.15) is 5.56 Å². The third kappa shape index (κ3) is 2.75. The molecule has 0 aromatic heterocycles. The largest absolute Gasteiger partial charge is 0.399 e. The molecular weight excluding hydrogens is 272 g/mol. The molecule has 2 aromatic carbocycles. The van der Waals surface area contributed by atoms with Crippen molar-refractivity contribution in [3.8, 4) is 6.07 Å². The number of anilines is 3. The van der Waals surface area contributed by atoms with Crippen LogP contribution in [0, 0.1) is 23.0 Å². The zero-order valence-corrected chi connectivity index (χ0v) is 10.3. The van der Waals surface area contributed by atoms with E-state index in [1.165, 1.54) is 18.2 Å². The van der Waals surface area contributed by atoms with E-state index in [0.717, 1.165) is 12.1 Å². The predicted octanol–water partition coefficient (Wildman–Crippen LogP) is 3.82. The Balaban J connectivity index is 2.40. The molecule has 0 radical (unpaired) electrons. The second-order valence-corrected chi connectivity index (χ2v) is 4.20. The SMILES string of the molecule is N#Cc1ccc(Nc2c(F)cc(N)cc2F)c(Cl)c1. The molecule has 3 N–H and O–H groups in total. The molecule has 3 nitrogen and oxygen atoms in total. The maximum Gasteiger partial charge on any atom is 0.151 e. The Morgan fingerprint density at radius 3 is 2.32 bits per heavy atom. The summed E-state index contributed by atoms with van der Waals surface area (Å²) in [6.07, 6.45) is 0. The Bertz CT molecular complexity index is 657. The number of nitrogens with zero attached hydrogens (tertiary/aromatic N) is 1. The number of nitriles is 1. The average Bonchev–Trinajstić information content (AvgIpc) is 2.35. The van der Waals surface area contributed by atoms with Crippen molar-refractivity contribution in [1.29, 1.82) is 5.26 Å². The van der Waals surface area contributed by atoms with Crippen molar-refractivity contribution in [2.45, 2.75) is 0 Å². The standard InChI is InChI=1S/C13H8ClF2N3/c14-9-3-7(6-17)1-2-12(9)19-13-10(15)4-8(18)5-11(13)16/h1-5,19H,18H2. The van der Waals surface area contributed by atoms with E-state index < -0.39 is 11.6 Å². The van der Waals surface area contributed by atoms with Crippen LogP contribution in [0.3, 0.4) is 0 Å². The lowest BCUT2D eigenvalue weighted by Crippen LogP contribution is -2.00. The minimum absolute atomic E-state index is 0.00789. The highest BCUT2D eigenvalue weighted by Crippen LogP contribution is 2.30. The number of hydrogen-bond donors (Lipinski definition) is 2. The molecule has 0 amide bonds. The van der Waals surface area contributed by atoms with Gasteiger partial charge in [0.1, 0.15) is 5.69 Å². The second-order valence-electron chi connectivity index (χ2n) is 3.79. The summed E-state index contributed by atoms with van der Waals surface area (Å²) in [6, 6.07) is 8.27. The van der Waals surface area contributed by atoms with Gasteiger partial charge in [0.25, 0.3) is 0 Å². The van der Waals surface area contributed by atoms with Gasteiger partial charge in [-0.3, -0.25) is 0 Å². The van der Waals surface area contributed by atoms with Crippen molar-refractivity contribution in [1.82, 2.24) is 0 Å². The summed E-state index contributed by atoms with van der Waals surface area (Å²) in [4.78, 5) is 0. The van der Waals surface area contributed by atoms with E-state index in [9.17, 15) is 8.78 Å². The third-order valence-electron chi connectivity index (χ3n) is 2.42. The maximum absolute atomic E-state index is 13.6. The lowest BCUT2D eigenvalue weighted by molar-refractivity contribution is 0.592. The molecule has 6 heteroatoms. The molecule has 0 bridgehead atoms. The molecule has 19 heavy (non-hydrogen) atoms. The number of nitrogen functional groups attached to an aromatic ring is 1. The van der Waals surface area contributed by atoms with Gasteiger partial charge in [-0.15, -0.1) is 0 Å². The van der Waals surface area contributed by atoms with Gasteiger partial charge in [0, 0.05) is 5.69 Å². The van der Waals surface area contributed by atoms with Crippen molar-refractivity contribution in [3.05, 3.63) is 52.6 Å². The minimum Gasteiger partial charge on any atom is -0.399 e. The van der Waals surface area contributed by atoms with Crippen molar-refractivity contribution in [2.75, 3.05) is 11.1 Å². The highest BCUT2D eigenvalue weighted by molar-refractivity contribution is 6.33. The highest BCUT2D eigenvalue weighted by atomic mass is 35.5. The zero-order chi connectivity index (χ0) is 14.0. The Hall–Kier alpha value is -2.32. The first-order chi connectivity index (χ1) is 9.01. The van der Waals surface area contributed by atoms with Crippen LogP contribution in [-0.4, -0.2) is 0 Å². The van der Waals surface area contributed by atoms with Crippen LogP contribution in [0.5, 0.6) is 0 Å². The van der Waals surface area contributed by atoms with Gasteiger partial charge in [-0.2, -0.15) is 5.26 Å². The fourth-order valence-electron chi connectivity index (χ4n) is 1.53. The van der Waals surface area contributed by atoms with E-state index in [1.54, 1.807) is 0 Å². The van der Waals surface area contributed by atoms with E-state index in [1.807, 2.05) is 6.07 Å². The number of halogens is 3. The smallest absolute Gasteiger partial charge is 0.151 e. The summed E-state index contributed by atoms with van der Waals surface area (Å²) < 4.78 is 27.2. The van der Waals surface area contributed by atoms with Crippen LogP contribution in [-0.2, 0) is 0 Å². The van der Waals surface area contributed by atoms with Gasteiger partial charge in [0.2, 0.25) is 0 Å². The molecule has 0 aliphatic carbocycles. The topological polar surface area (TPSA) is 61.8 Å². The third-order valence-corrected chi connectivity index (χ3v) is 2.74. The predicted molar refractivity (Wildman–Crippen MR) is 70.2 cm³/mol. The fraction of sp³-hybridized carbons (Fsp3) is 0. The van der Waals surface area contributed by atoms with Crippen LogP contribution in [0.2, 0.25) is 5.02 Å². The van der Waals surface area contributed by atoms with E-state index in [2.05, 4.69) is 5.32 Å². The van der Waals surface area contributed by atoms with Gasteiger partial charge < -0.3 is 11.1 Å². The van der Waals surface area contributed by atoms with E-state index in [0.29, 0.717) is 11.3 Å². The quantitative estimate of drug-likeness (QED) is 0.822. The van der Waals surface area contributed by atoms with E-state index >= 15 is 0 Å². The number of hydrogen-bond acceptors (Lipinski definition) is 3. The van der Waals surface area contributed by atoms with Gasteiger partial charge in [-0.25, -0.2) is 8.78 Å². The van der Waals surface area contributed by atoms with Crippen molar-refractivity contribution >= 4 is 28.7 Å². The molecule has 0 unspecified atom stereocenters. The summed E-state index contributed by atoms with van der Waals surface area (Å²) in [5.41, 5.74) is 5.62. The van der Waals surface area contributed by atoms with E-state index in [4.69, 9.17) is 22.6 Å². The first kappa shape index (κ1) is 13.1. The molecule has 2 rings (SSSR count). The molecule has 0 aliphatic rings. The van der Waals surface area contributed by atoms with Crippen LogP contribution < -0.4 is 11.1 Å². The molecule has 0 atom stereocenters. The number of benzene rings is 2. The van der Waals surface area contributed by atoms with Gasteiger partial charge >= 0.3 is 0 Å². The average molecular weight is 280 g/mol. The maximum atomic E-state index is 13.6. The lowest BCUT2D eigenvalue weighted by Gasteiger charge is -2.11. The second kappa shape index (κ2) is 5.12. The molecule has 0 saturated carbocycles. The number of nitrogens with one attached hydrogen (secondary N) is 1. The molecule has 0 saturated heterocycles. The van der Waals surface area contributed by atoms with Gasteiger partial charge in [-0.1, -0.05) is 11.6 Å². The van der Waals surface area contributed by atoms with Gasteiger partial charge in [0.05, 0.1) is 22.3 Å². The molecule has 0 heterocycles. The van der Waals surface area contributed by atoms with Crippen LogP contribution in [0.15, 0.2) is 30.3 Å². The van der Waals surface area contributed by atoms with Gasteiger partial charge in [-0.05, 0) is 30.3 Å². The Morgan fingerprint density at radius 1 is 1.16 bits per heavy atom. The first-order valence-electron chi connectivity index (χ1n) is 5.22. The van der Waals surface area contributed by atoms with Crippen LogP contribution in [0.25, 0.3) is 0 Å². The highest BCUT2D eigenvalue weighted by Gasteiger charge is 2.12. The zero-order valence-electron chi connectivity index (χ0n) is 9.55. The van der Waals surface area contributed by atoms with Crippen molar-refractivity contribution in [2.24, 2.45) is 0 Å². The summed E-state index contributed by atoms with van der Waals surface area (Å²) in [6.45, 7) is 0. The molecule has 2 aromatic rings. The number of rotatable bonds is 2. The fourth-order valence-corrected chi connectivity index (χ4v) is 1.76. The molecule has 96 valence electrons. The molecule has 0 fully saturated rings. The first-order valence-corrected chi connectivity index (χ1v) is 5.60. The Morgan fingerprint density at radius 2 is 1.79 bits per heavy atom. The molecule has 0 spiro atoms.